The molecule has 1 saturated heterocycles. The Hall–Kier alpha value is 0.270. The van der Waals surface area contributed by atoms with Crippen LogP contribution in [-0.4, -0.2) is 40.6 Å². The fourth-order valence-corrected chi connectivity index (χ4v) is 5.20. The van der Waals surface area contributed by atoms with Gasteiger partial charge in [-0.15, -0.1) is 0 Å². The molecule has 1 heterocycles. The second kappa shape index (κ2) is 5.72. The van der Waals surface area contributed by atoms with Gasteiger partial charge in [0.25, 0.3) is 0 Å². The second-order valence-corrected chi connectivity index (χ2v) is 8.49. The molecule has 0 bridgehead atoms. The molecular formula is C15H30N2S. The van der Waals surface area contributed by atoms with Gasteiger partial charge in [-0.1, -0.05) is 26.2 Å². The van der Waals surface area contributed by atoms with Crippen molar-refractivity contribution in [1.82, 2.24) is 4.90 Å². The first-order valence-corrected chi connectivity index (χ1v) is 8.62. The lowest BCUT2D eigenvalue weighted by Crippen LogP contribution is -2.63. The van der Waals surface area contributed by atoms with Crippen molar-refractivity contribution in [2.45, 2.75) is 63.2 Å². The van der Waals surface area contributed by atoms with E-state index in [4.69, 9.17) is 5.73 Å². The Morgan fingerprint density at radius 2 is 2.11 bits per heavy atom. The first-order valence-electron chi connectivity index (χ1n) is 7.63. The van der Waals surface area contributed by atoms with Crippen molar-refractivity contribution in [3.8, 4) is 0 Å². The van der Waals surface area contributed by atoms with Gasteiger partial charge in [0.2, 0.25) is 0 Å². The molecule has 1 saturated carbocycles. The molecular weight excluding hydrogens is 240 g/mol. The molecule has 1 aliphatic carbocycles. The van der Waals surface area contributed by atoms with Crippen molar-refractivity contribution >= 4 is 11.8 Å². The predicted octanol–water partition coefficient (Wildman–Crippen LogP) is 3.11. The van der Waals surface area contributed by atoms with Crippen LogP contribution in [0.25, 0.3) is 0 Å². The lowest BCUT2D eigenvalue weighted by atomic mass is 9.70. The van der Waals surface area contributed by atoms with Crippen molar-refractivity contribution < 1.29 is 0 Å². The van der Waals surface area contributed by atoms with Gasteiger partial charge >= 0.3 is 0 Å². The van der Waals surface area contributed by atoms with E-state index in [0.29, 0.717) is 10.3 Å². The summed E-state index contributed by atoms with van der Waals surface area (Å²) in [7, 11) is 0. The zero-order chi connectivity index (χ0) is 13.2. The normalized spacial score (nSPS) is 37.7. The Kier molecular flexibility index (Phi) is 4.66. The van der Waals surface area contributed by atoms with E-state index in [1.54, 1.807) is 0 Å². The smallest absolute Gasteiger partial charge is 0.0360 e. The van der Waals surface area contributed by atoms with Crippen LogP contribution in [0.5, 0.6) is 0 Å². The topological polar surface area (TPSA) is 29.3 Å². The van der Waals surface area contributed by atoms with Gasteiger partial charge in [-0.3, -0.25) is 4.90 Å². The molecule has 2 rings (SSSR count). The summed E-state index contributed by atoms with van der Waals surface area (Å²) in [5, 5.41) is 0. The number of nitrogens with zero attached hydrogens (tertiary/aromatic N) is 1. The number of nitrogens with two attached hydrogens (primary N) is 1. The van der Waals surface area contributed by atoms with Gasteiger partial charge in [-0.25, -0.2) is 0 Å². The first kappa shape index (κ1) is 14.7. The summed E-state index contributed by atoms with van der Waals surface area (Å²) in [5.41, 5.74) is 6.59. The Labute approximate surface area is 117 Å². The van der Waals surface area contributed by atoms with Gasteiger partial charge in [0.1, 0.15) is 0 Å². The van der Waals surface area contributed by atoms with Crippen molar-refractivity contribution in [1.29, 1.82) is 0 Å². The SMILES string of the molecule is CCC1CCCCC1(CN)N1CCSC(C)(C)C1. The van der Waals surface area contributed by atoms with Crippen molar-refractivity contribution in [2.75, 3.05) is 25.4 Å². The molecule has 0 spiro atoms. The Morgan fingerprint density at radius 3 is 2.72 bits per heavy atom. The van der Waals surface area contributed by atoms with Gasteiger partial charge < -0.3 is 5.73 Å². The lowest BCUT2D eigenvalue weighted by Gasteiger charge is -2.54. The van der Waals surface area contributed by atoms with Crippen molar-refractivity contribution in [3.05, 3.63) is 0 Å². The summed E-state index contributed by atoms with van der Waals surface area (Å²) in [6, 6.07) is 0. The molecule has 2 atom stereocenters. The maximum absolute atomic E-state index is 6.28. The maximum Gasteiger partial charge on any atom is 0.0360 e. The molecule has 18 heavy (non-hydrogen) atoms. The highest BCUT2D eigenvalue weighted by Gasteiger charge is 2.46. The van der Waals surface area contributed by atoms with Crippen LogP contribution in [0.15, 0.2) is 0 Å². The van der Waals surface area contributed by atoms with Crippen LogP contribution in [-0.2, 0) is 0 Å². The predicted molar refractivity (Wildman–Crippen MR) is 82.1 cm³/mol. The zero-order valence-electron chi connectivity index (χ0n) is 12.4. The maximum atomic E-state index is 6.28. The molecule has 106 valence electrons. The third-order valence-corrected chi connectivity index (χ3v) is 6.37. The summed E-state index contributed by atoms with van der Waals surface area (Å²) < 4.78 is 0.399. The van der Waals surface area contributed by atoms with Gasteiger partial charge in [0, 0.05) is 35.7 Å². The molecule has 0 amide bonds. The zero-order valence-corrected chi connectivity index (χ0v) is 13.2. The quantitative estimate of drug-likeness (QED) is 0.854. The number of thioether (sulfide) groups is 1. The van der Waals surface area contributed by atoms with Crippen molar-refractivity contribution in [2.24, 2.45) is 11.7 Å². The van der Waals surface area contributed by atoms with Crippen LogP contribution in [0.1, 0.15) is 52.9 Å². The highest BCUT2D eigenvalue weighted by Crippen LogP contribution is 2.43. The van der Waals surface area contributed by atoms with E-state index in [1.807, 2.05) is 0 Å². The van der Waals surface area contributed by atoms with Gasteiger partial charge in [0.15, 0.2) is 0 Å². The summed E-state index contributed by atoms with van der Waals surface area (Å²) in [5.74, 6) is 2.08. The molecule has 2 fully saturated rings. The highest BCUT2D eigenvalue weighted by atomic mass is 32.2. The standard InChI is InChI=1S/C15H30N2S/c1-4-13-7-5-6-8-15(13,11-16)17-9-10-18-14(2,3)12-17/h13H,4-12,16H2,1-3H3. The summed E-state index contributed by atoms with van der Waals surface area (Å²) in [6.45, 7) is 10.4. The molecule has 0 aromatic rings. The molecule has 0 aromatic carbocycles. The lowest BCUT2D eigenvalue weighted by molar-refractivity contribution is 0.00109. The number of hydrogen-bond donors (Lipinski definition) is 1. The van der Waals surface area contributed by atoms with Crippen LogP contribution in [0.3, 0.4) is 0 Å². The molecule has 0 aromatic heterocycles. The third-order valence-electron chi connectivity index (χ3n) is 5.07. The van der Waals surface area contributed by atoms with Crippen molar-refractivity contribution in [3.63, 3.8) is 0 Å². The van der Waals surface area contributed by atoms with Gasteiger partial charge in [-0.05, 0) is 32.6 Å². The molecule has 3 heteroatoms. The minimum Gasteiger partial charge on any atom is -0.329 e. The van der Waals surface area contributed by atoms with Crippen LogP contribution in [0.4, 0.5) is 0 Å². The fourth-order valence-electron chi connectivity index (χ4n) is 4.09. The van der Waals surface area contributed by atoms with E-state index < -0.39 is 0 Å². The van der Waals surface area contributed by atoms with Crippen LogP contribution < -0.4 is 5.73 Å². The summed E-state index contributed by atoms with van der Waals surface area (Å²) in [4.78, 5) is 2.76. The molecule has 2 aliphatic rings. The second-order valence-electron chi connectivity index (χ2n) is 6.69. The fraction of sp³-hybridized carbons (Fsp3) is 1.00. The summed E-state index contributed by atoms with van der Waals surface area (Å²) in [6.07, 6.45) is 6.78. The largest absolute Gasteiger partial charge is 0.329 e. The van der Waals surface area contributed by atoms with Crippen LogP contribution >= 0.6 is 11.8 Å². The minimum atomic E-state index is 0.311. The van der Waals surface area contributed by atoms with E-state index in [1.165, 1.54) is 50.9 Å². The Bertz CT molecular complexity index is 280. The third kappa shape index (κ3) is 2.73. The average Bonchev–Trinajstić information content (AvgIpc) is 2.37. The molecule has 2 nitrogen and oxygen atoms in total. The first-order chi connectivity index (χ1) is 8.54. The Morgan fingerprint density at radius 1 is 1.33 bits per heavy atom. The van der Waals surface area contributed by atoms with Gasteiger partial charge in [-0.2, -0.15) is 11.8 Å². The number of rotatable bonds is 3. The molecule has 2 unspecified atom stereocenters. The van der Waals surface area contributed by atoms with Crippen LogP contribution in [0, 0.1) is 5.92 Å². The van der Waals surface area contributed by atoms with E-state index in [2.05, 4.69) is 37.4 Å². The number of hydrogen-bond acceptors (Lipinski definition) is 3. The minimum absolute atomic E-state index is 0.311. The average molecular weight is 270 g/mol. The monoisotopic (exact) mass is 270 g/mol. The van der Waals surface area contributed by atoms with Crippen LogP contribution in [0.2, 0.25) is 0 Å². The summed E-state index contributed by atoms with van der Waals surface area (Å²) >= 11 is 2.12. The van der Waals surface area contributed by atoms with E-state index in [9.17, 15) is 0 Å². The van der Waals surface area contributed by atoms with E-state index in [0.717, 1.165) is 12.5 Å². The molecule has 2 N–H and O–H groups in total. The molecule has 0 radical (unpaired) electrons. The highest BCUT2D eigenvalue weighted by molar-refractivity contribution is 8.00. The van der Waals surface area contributed by atoms with Gasteiger partial charge in [0.05, 0.1) is 0 Å². The van der Waals surface area contributed by atoms with E-state index >= 15 is 0 Å². The molecule has 1 aliphatic heterocycles. The van der Waals surface area contributed by atoms with E-state index in [-0.39, 0.29) is 0 Å². The Balaban J connectivity index is 2.19.